The minimum Gasteiger partial charge on any atom is -0.374 e. The number of rotatable bonds is 7. The standard InChI is InChI=1S/C11H21N3O/c1-4-12-6-7-15-9-11-8-10(3)13-14(11)5-2/h8,12H,4-7,9H2,1-3H3. The van der Waals surface area contributed by atoms with E-state index in [4.69, 9.17) is 4.74 Å². The summed E-state index contributed by atoms with van der Waals surface area (Å²) in [5.41, 5.74) is 2.22. The molecule has 0 aromatic carbocycles. The van der Waals surface area contributed by atoms with E-state index in [9.17, 15) is 0 Å². The lowest BCUT2D eigenvalue weighted by atomic mass is 10.4. The van der Waals surface area contributed by atoms with Crippen LogP contribution in [0.1, 0.15) is 25.2 Å². The molecule has 86 valence electrons. The SMILES string of the molecule is CCNCCOCc1cc(C)nn1CC. The zero-order valence-electron chi connectivity index (χ0n) is 9.92. The second kappa shape index (κ2) is 6.58. The van der Waals surface area contributed by atoms with E-state index < -0.39 is 0 Å². The minimum absolute atomic E-state index is 0.653. The van der Waals surface area contributed by atoms with Crippen LogP contribution < -0.4 is 5.32 Å². The minimum atomic E-state index is 0.653. The largest absolute Gasteiger partial charge is 0.374 e. The lowest BCUT2D eigenvalue weighted by Crippen LogP contribution is -2.19. The van der Waals surface area contributed by atoms with Crippen LogP contribution in [-0.4, -0.2) is 29.5 Å². The van der Waals surface area contributed by atoms with Crippen molar-refractivity contribution >= 4 is 0 Å². The van der Waals surface area contributed by atoms with E-state index in [2.05, 4.69) is 30.3 Å². The predicted molar refractivity (Wildman–Crippen MR) is 60.8 cm³/mol. The number of hydrogen-bond acceptors (Lipinski definition) is 3. The van der Waals surface area contributed by atoms with E-state index in [0.717, 1.165) is 37.6 Å². The van der Waals surface area contributed by atoms with Crippen molar-refractivity contribution in [2.45, 2.75) is 33.9 Å². The number of hydrogen-bond donors (Lipinski definition) is 1. The summed E-state index contributed by atoms with van der Waals surface area (Å²) >= 11 is 0. The third-order valence-corrected chi connectivity index (χ3v) is 2.21. The van der Waals surface area contributed by atoms with Crippen LogP contribution in [0.3, 0.4) is 0 Å². The van der Waals surface area contributed by atoms with Crippen LogP contribution in [0, 0.1) is 6.92 Å². The normalized spacial score (nSPS) is 10.9. The molecule has 0 saturated heterocycles. The molecule has 1 aromatic heterocycles. The smallest absolute Gasteiger partial charge is 0.0885 e. The second-order valence-corrected chi connectivity index (χ2v) is 3.50. The zero-order chi connectivity index (χ0) is 11.1. The highest BCUT2D eigenvalue weighted by Gasteiger charge is 2.03. The Morgan fingerprint density at radius 2 is 2.27 bits per heavy atom. The first-order valence-electron chi connectivity index (χ1n) is 5.59. The highest BCUT2D eigenvalue weighted by Crippen LogP contribution is 2.04. The molecular weight excluding hydrogens is 190 g/mol. The molecule has 0 radical (unpaired) electrons. The molecule has 0 aliphatic carbocycles. The Bertz CT molecular complexity index is 283. The molecule has 0 amide bonds. The summed E-state index contributed by atoms with van der Waals surface area (Å²) in [6, 6.07) is 2.08. The zero-order valence-corrected chi connectivity index (χ0v) is 9.92. The summed E-state index contributed by atoms with van der Waals surface area (Å²) < 4.78 is 7.54. The fourth-order valence-corrected chi connectivity index (χ4v) is 1.49. The van der Waals surface area contributed by atoms with Crippen molar-refractivity contribution in [3.63, 3.8) is 0 Å². The third-order valence-electron chi connectivity index (χ3n) is 2.21. The van der Waals surface area contributed by atoms with Crippen LogP contribution in [0.25, 0.3) is 0 Å². The van der Waals surface area contributed by atoms with Crippen molar-refractivity contribution < 1.29 is 4.74 Å². The van der Waals surface area contributed by atoms with Crippen molar-refractivity contribution in [1.29, 1.82) is 0 Å². The molecule has 15 heavy (non-hydrogen) atoms. The predicted octanol–water partition coefficient (Wildman–Crippen LogP) is 1.34. The van der Waals surface area contributed by atoms with Crippen LogP contribution in [0.2, 0.25) is 0 Å². The van der Waals surface area contributed by atoms with Crippen LogP contribution in [-0.2, 0) is 17.9 Å². The van der Waals surface area contributed by atoms with E-state index in [1.54, 1.807) is 0 Å². The maximum Gasteiger partial charge on any atom is 0.0885 e. The average molecular weight is 211 g/mol. The first-order chi connectivity index (χ1) is 7.27. The molecule has 0 aliphatic heterocycles. The van der Waals surface area contributed by atoms with Crippen LogP contribution >= 0.6 is 0 Å². The topological polar surface area (TPSA) is 39.1 Å². The lowest BCUT2D eigenvalue weighted by molar-refractivity contribution is 0.117. The van der Waals surface area contributed by atoms with Gasteiger partial charge in [-0.05, 0) is 26.5 Å². The Kier molecular flexibility index (Phi) is 5.36. The van der Waals surface area contributed by atoms with Gasteiger partial charge in [0, 0.05) is 13.1 Å². The van der Waals surface area contributed by atoms with Gasteiger partial charge in [0.1, 0.15) is 0 Å². The molecular formula is C11H21N3O. The van der Waals surface area contributed by atoms with Gasteiger partial charge in [0.25, 0.3) is 0 Å². The van der Waals surface area contributed by atoms with Gasteiger partial charge in [0.05, 0.1) is 24.6 Å². The van der Waals surface area contributed by atoms with Gasteiger partial charge < -0.3 is 10.1 Å². The van der Waals surface area contributed by atoms with Crippen LogP contribution in [0.5, 0.6) is 0 Å². The molecule has 0 spiro atoms. The average Bonchev–Trinajstić information content (AvgIpc) is 2.59. The monoisotopic (exact) mass is 211 g/mol. The first kappa shape index (κ1) is 12.2. The van der Waals surface area contributed by atoms with Gasteiger partial charge in [-0.1, -0.05) is 6.92 Å². The quantitative estimate of drug-likeness (QED) is 0.692. The summed E-state index contributed by atoms with van der Waals surface area (Å²) in [5, 5.41) is 7.59. The van der Waals surface area contributed by atoms with Crippen LogP contribution in [0.4, 0.5) is 0 Å². The molecule has 0 aliphatic rings. The Morgan fingerprint density at radius 1 is 1.47 bits per heavy atom. The Hall–Kier alpha value is -0.870. The van der Waals surface area contributed by atoms with Crippen molar-refractivity contribution in [2.75, 3.05) is 19.7 Å². The van der Waals surface area contributed by atoms with E-state index in [0.29, 0.717) is 6.61 Å². The molecule has 0 bridgehead atoms. The third kappa shape index (κ3) is 4.01. The van der Waals surface area contributed by atoms with E-state index in [1.807, 2.05) is 11.6 Å². The number of aryl methyl sites for hydroxylation is 2. The van der Waals surface area contributed by atoms with Crippen LogP contribution in [0.15, 0.2) is 6.07 Å². The highest BCUT2D eigenvalue weighted by atomic mass is 16.5. The Morgan fingerprint density at radius 3 is 2.93 bits per heavy atom. The molecule has 1 N–H and O–H groups in total. The van der Waals surface area contributed by atoms with E-state index in [-0.39, 0.29) is 0 Å². The summed E-state index contributed by atoms with van der Waals surface area (Å²) in [6.45, 7) is 10.4. The van der Waals surface area contributed by atoms with E-state index >= 15 is 0 Å². The van der Waals surface area contributed by atoms with E-state index in [1.165, 1.54) is 0 Å². The highest BCUT2D eigenvalue weighted by molar-refractivity contribution is 5.07. The summed E-state index contributed by atoms with van der Waals surface area (Å²) in [7, 11) is 0. The van der Waals surface area contributed by atoms with Gasteiger partial charge in [-0.3, -0.25) is 4.68 Å². The number of aromatic nitrogens is 2. The molecule has 4 heteroatoms. The molecule has 0 unspecified atom stereocenters. The summed E-state index contributed by atoms with van der Waals surface area (Å²) in [5.74, 6) is 0. The van der Waals surface area contributed by atoms with Gasteiger partial charge in [0.15, 0.2) is 0 Å². The molecule has 1 aromatic rings. The van der Waals surface area contributed by atoms with Crippen molar-refractivity contribution in [1.82, 2.24) is 15.1 Å². The lowest BCUT2D eigenvalue weighted by Gasteiger charge is -2.06. The Balaban J connectivity index is 2.30. The Labute approximate surface area is 91.6 Å². The fourth-order valence-electron chi connectivity index (χ4n) is 1.49. The maximum absolute atomic E-state index is 5.55. The van der Waals surface area contributed by atoms with Gasteiger partial charge in [-0.25, -0.2) is 0 Å². The van der Waals surface area contributed by atoms with Crippen molar-refractivity contribution in [3.05, 3.63) is 17.5 Å². The number of likely N-dealkylation sites (N-methyl/N-ethyl adjacent to an activating group) is 1. The molecule has 0 atom stereocenters. The van der Waals surface area contributed by atoms with Gasteiger partial charge in [-0.2, -0.15) is 5.10 Å². The molecule has 0 fully saturated rings. The summed E-state index contributed by atoms with van der Waals surface area (Å²) in [6.07, 6.45) is 0. The fraction of sp³-hybridized carbons (Fsp3) is 0.727. The van der Waals surface area contributed by atoms with Gasteiger partial charge in [-0.15, -0.1) is 0 Å². The molecule has 0 saturated carbocycles. The maximum atomic E-state index is 5.55. The first-order valence-corrected chi connectivity index (χ1v) is 5.59. The second-order valence-electron chi connectivity index (χ2n) is 3.50. The van der Waals surface area contributed by atoms with Crippen molar-refractivity contribution in [2.24, 2.45) is 0 Å². The number of nitrogens with zero attached hydrogens (tertiary/aromatic N) is 2. The number of ether oxygens (including phenoxy) is 1. The van der Waals surface area contributed by atoms with Crippen molar-refractivity contribution in [3.8, 4) is 0 Å². The van der Waals surface area contributed by atoms with Gasteiger partial charge >= 0.3 is 0 Å². The molecule has 1 rings (SSSR count). The molecule has 1 heterocycles. The number of nitrogens with one attached hydrogen (secondary N) is 1. The molecule has 4 nitrogen and oxygen atoms in total. The summed E-state index contributed by atoms with van der Waals surface area (Å²) in [4.78, 5) is 0. The van der Waals surface area contributed by atoms with Gasteiger partial charge in [0.2, 0.25) is 0 Å².